The van der Waals surface area contributed by atoms with Crippen molar-refractivity contribution in [1.29, 1.82) is 0 Å². The van der Waals surface area contributed by atoms with Crippen LogP contribution in [0.4, 0.5) is 34.6 Å². The molecule has 322 valence electrons. The second-order valence-electron chi connectivity index (χ2n) is 15.4. The van der Waals surface area contributed by atoms with Crippen molar-refractivity contribution in [3.05, 3.63) is 139 Å². The number of hydrogen-bond donors (Lipinski definition) is 3. The molecule has 4 aromatic carbocycles. The van der Waals surface area contributed by atoms with Crippen molar-refractivity contribution >= 4 is 92.9 Å². The van der Waals surface area contributed by atoms with Gasteiger partial charge < -0.3 is 25.4 Å². The van der Waals surface area contributed by atoms with Crippen molar-refractivity contribution in [3.63, 3.8) is 0 Å². The molecule has 0 unspecified atom stereocenters. The van der Waals surface area contributed by atoms with Gasteiger partial charge in [-0.05, 0) is 104 Å². The van der Waals surface area contributed by atoms with E-state index in [-0.39, 0.29) is 48.2 Å². The van der Waals surface area contributed by atoms with Gasteiger partial charge in [-0.2, -0.15) is 9.97 Å². The first kappa shape index (κ1) is 42.6. The minimum absolute atomic E-state index is 0.0454. The van der Waals surface area contributed by atoms with Gasteiger partial charge in [0, 0.05) is 49.4 Å². The maximum Gasteiger partial charge on any atom is 0.268 e. The predicted octanol–water partition coefficient (Wildman–Crippen LogP) is 9.46. The number of rotatable bonds is 7. The molecule has 63 heavy (non-hydrogen) atoms. The van der Waals surface area contributed by atoms with Gasteiger partial charge in [0.05, 0.1) is 31.5 Å². The molecule has 6 heterocycles. The predicted molar refractivity (Wildman–Crippen MR) is 246 cm³/mol. The lowest BCUT2D eigenvalue weighted by atomic mass is 9.98. The molecule has 6 aromatic rings. The normalized spacial score (nSPS) is 15.5. The number of aromatic nitrogens is 4. The lowest BCUT2D eigenvalue weighted by Crippen LogP contribution is -2.39. The molecule has 0 aliphatic carbocycles. The SMILES string of the molecule is CC(C)N1CCc2ccc(Nc3ncc4c(n3)OCN(c3c(Cl)cccc3Cl)C4=O)cc2C1.O=C1c2cnc(Nc3ccc4c(c3)CNCC4)nc2OCN1c1c(Cl)cccc1Cl. The van der Waals surface area contributed by atoms with Crippen LogP contribution in [-0.2, 0) is 25.9 Å². The molecule has 4 aliphatic heterocycles. The van der Waals surface area contributed by atoms with Crippen molar-refractivity contribution in [2.75, 3.05) is 47.0 Å². The Balaban J connectivity index is 0.000000161. The number of nitrogens with one attached hydrogen (secondary N) is 3. The van der Waals surface area contributed by atoms with Gasteiger partial charge in [0.25, 0.3) is 11.8 Å². The molecule has 0 saturated carbocycles. The summed E-state index contributed by atoms with van der Waals surface area (Å²) >= 11 is 25.0. The second kappa shape index (κ2) is 18.2. The molecule has 0 spiro atoms. The Hall–Kier alpha value is -5.74. The third-order valence-electron chi connectivity index (χ3n) is 11.1. The monoisotopic (exact) mass is 924 g/mol. The maximum absolute atomic E-state index is 13.1. The quantitative estimate of drug-likeness (QED) is 0.140. The van der Waals surface area contributed by atoms with Gasteiger partial charge in [-0.25, -0.2) is 9.97 Å². The van der Waals surface area contributed by atoms with E-state index >= 15 is 0 Å². The lowest BCUT2D eigenvalue weighted by Gasteiger charge is -2.32. The Kier molecular flexibility index (Phi) is 12.3. The molecule has 0 bridgehead atoms. The Labute approximate surface area is 383 Å². The Morgan fingerprint density at radius 2 is 1.14 bits per heavy atom. The molecule has 3 N–H and O–H groups in total. The van der Waals surface area contributed by atoms with E-state index in [1.54, 1.807) is 36.4 Å². The number of benzene rings is 4. The van der Waals surface area contributed by atoms with Crippen molar-refractivity contribution in [2.24, 2.45) is 0 Å². The zero-order valence-corrected chi connectivity index (χ0v) is 37.1. The Morgan fingerprint density at radius 3 is 1.65 bits per heavy atom. The van der Waals surface area contributed by atoms with Crippen LogP contribution in [0.3, 0.4) is 0 Å². The molecule has 4 aliphatic rings. The maximum atomic E-state index is 13.1. The smallest absolute Gasteiger partial charge is 0.268 e. The minimum Gasteiger partial charge on any atom is -0.455 e. The molecular formula is C45H40Cl4N10O4. The van der Waals surface area contributed by atoms with Crippen molar-refractivity contribution in [2.45, 2.75) is 45.8 Å². The minimum atomic E-state index is -0.322. The zero-order chi connectivity index (χ0) is 43.8. The van der Waals surface area contributed by atoms with Gasteiger partial charge in [-0.1, -0.05) is 70.7 Å². The topological polar surface area (TPSA) is 150 Å². The number of anilines is 6. The number of amides is 2. The molecule has 0 saturated heterocycles. The van der Waals surface area contributed by atoms with Crippen LogP contribution in [0, 0.1) is 0 Å². The standard InChI is InChI=1S/C24H23Cl2N5O2.C21H17Cl2N5O2/c1-14(2)30-9-8-15-6-7-17(10-16(15)12-30)28-24-27-11-18-22(29-24)33-13-31(23(18)32)21-19(25)4-3-5-20(21)26;22-16-2-1-3-17(23)18(16)28-11-30-19-15(20(28)29)10-25-21(27-19)26-14-5-4-12-6-7-24-9-13(12)8-14/h3-7,10-11,14H,8-9,12-13H2,1-2H3,(H,27,28,29);1-5,8,10,24H,6-7,9,11H2,(H,25,26,27). The fourth-order valence-corrected chi connectivity index (χ4v) is 8.97. The summed E-state index contributed by atoms with van der Waals surface area (Å²) in [5.41, 5.74) is 8.35. The highest BCUT2D eigenvalue weighted by Gasteiger charge is 2.33. The number of carbonyl (C=O) groups excluding carboxylic acids is 2. The van der Waals surface area contributed by atoms with E-state index < -0.39 is 0 Å². The van der Waals surface area contributed by atoms with Gasteiger partial charge in [0.1, 0.15) is 11.1 Å². The van der Waals surface area contributed by atoms with E-state index in [1.165, 1.54) is 44.4 Å². The van der Waals surface area contributed by atoms with E-state index in [1.807, 2.05) is 12.1 Å². The first-order valence-corrected chi connectivity index (χ1v) is 21.8. The number of halogens is 4. The number of ether oxygens (including phenoxy) is 2. The molecule has 10 rings (SSSR count). The van der Waals surface area contributed by atoms with Crippen molar-refractivity contribution in [3.8, 4) is 11.8 Å². The Bertz CT molecular complexity index is 2720. The highest BCUT2D eigenvalue weighted by molar-refractivity contribution is 6.41. The zero-order valence-electron chi connectivity index (χ0n) is 34.1. The van der Waals surface area contributed by atoms with E-state index in [0.717, 1.165) is 50.4 Å². The summed E-state index contributed by atoms with van der Waals surface area (Å²) in [5, 5.41) is 11.2. The fourth-order valence-electron chi connectivity index (χ4n) is 7.77. The molecule has 2 amide bonds. The van der Waals surface area contributed by atoms with E-state index in [4.69, 9.17) is 55.9 Å². The first-order valence-electron chi connectivity index (χ1n) is 20.2. The number of nitrogens with zero attached hydrogens (tertiary/aromatic N) is 7. The summed E-state index contributed by atoms with van der Waals surface area (Å²) in [7, 11) is 0. The number of fused-ring (bicyclic) bond motifs is 4. The van der Waals surface area contributed by atoms with Crippen LogP contribution in [0.2, 0.25) is 20.1 Å². The molecular weight excluding hydrogens is 886 g/mol. The van der Waals surface area contributed by atoms with Crippen LogP contribution < -0.4 is 35.2 Å². The molecule has 14 nitrogen and oxygen atoms in total. The molecule has 0 radical (unpaired) electrons. The van der Waals surface area contributed by atoms with Crippen LogP contribution >= 0.6 is 46.4 Å². The first-order chi connectivity index (χ1) is 30.5. The van der Waals surface area contributed by atoms with Crippen molar-refractivity contribution < 1.29 is 19.1 Å². The van der Waals surface area contributed by atoms with Crippen LogP contribution in [0.15, 0.2) is 85.2 Å². The van der Waals surface area contributed by atoms with Gasteiger partial charge in [0.2, 0.25) is 23.7 Å². The van der Waals surface area contributed by atoms with Crippen molar-refractivity contribution in [1.82, 2.24) is 30.2 Å². The fraction of sp³-hybridized carbons (Fsp3) is 0.244. The third-order valence-corrected chi connectivity index (χ3v) is 12.3. The summed E-state index contributed by atoms with van der Waals surface area (Å²) in [6, 6.07) is 23.1. The Morgan fingerprint density at radius 1 is 0.651 bits per heavy atom. The lowest BCUT2D eigenvalue weighted by molar-refractivity contribution is 0.0924. The summed E-state index contributed by atoms with van der Waals surface area (Å²) in [6.07, 6.45) is 4.98. The second-order valence-corrected chi connectivity index (χ2v) is 17.1. The average Bonchev–Trinajstić information content (AvgIpc) is 3.27. The van der Waals surface area contributed by atoms with Crippen LogP contribution in [-0.4, -0.2) is 69.2 Å². The summed E-state index contributed by atoms with van der Waals surface area (Å²) < 4.78 is 11.5. The van der Waals surface area contributed by atoms with E-state index in [9.17, 15) is 9.59 Å². The van der Waals surface area contributed by atoms with E-state index in [2.05, 4.69) is 78.9 Å². The summed E-state index contributed by atoms with van der Waals surface area (Å²) in [6.45, 7) is 8.18. The average molecular weight is 927 g/mol. The van der Waals surface area contributed by atoms with Gasteiger partial charge in [0.15, 0.2) is 13.5 Å². The number of carbonyl (C=O) groups is 2. The van der Waals surface area contributed by atoms with Crippen LogP contribution in [0.1, 0.15) is 56.8 Å². The largest absolute Gasteiger partial charge is 0.455 e. The van der Waals surface area contributed by atoms with Crippen LogP contribution in [0.5, 0.6) is 11.8 Å². The number of para-hydroxylation sites is 2. The van der Waals surface area contributed by atoms with Gasteiger partial charge in [-0.3, -0.25) is 24.3 Å². The van der Waals surface area contributed by atoms with Gasteiger partial charge in [-0.15, -0.1) is 0 Å². The molecule has 2 aromatic heterocycles. The molecule has 18 heteroatoms. The number of hydrogen-bond acceptors (Lipinski definition) is 12. The summed E-state index contributed by atoms with van der Waals surface area (Å²) in [5.74, 6) is 0.521. The third kappa shape index (κ3) is 8.92. The van der Waals surface area contributed by atoms with Gasteiger partial charge >= 0.3 is 0 Å². The summed E-state index contributed by atoms with van der Waals surface area (Å²) in [4.78, 5) is 48.7. The molecule has 0 atom stereocenters. The highest BCUT2D eigenvalue weighted by atomic mass is 35.5. The van der Waals surface area contributed by atoms with E-state index in [0.29, 0.717) is 49.4 Å². The molecule has 0 fully saturated rings. The van der Waals surface area contributed by atoms with Crippen LogP contribution in [0.25, 0.3) is 0 Å². The highest BCUT2D eigenvalue weighted by Crippen LogP contribution is 2.39.